The number of nitrogens with zero attached hydrogens (tertiary/aromatic N) is 1. The van der Waals surface area contributed by atoms with Gasteiger partial charge in [0, 0.05) is 5.75 Å². The molecule has 1 rings (SSSR count). The van der Waals surface area contributed by atoms with Crippen LogP contribution in [0.1, 0.15) is 11.1 Å². The summed E-state index contributed by atoms with van der Waals surface area (Å²) in [6, 6.07) is 4.85. The molecule has 86 valence electrons. The van der Waals surface area contributed by atoms with E-state index in [2.05, 4.69) is 12.6 Å². The minimum Gasteiger partial charge on any atom is -0.492 e. The number of thiol groups is 1. The second-order valence-corrected chi connectivity index (χ2v) is 3.34. The monoisotopic (exact) mass is 247 g/mol. The van der Waals surface area contributed by atoms with Gasteiger partial charge < -0.3 is 4.74 Å². The standard InChI is InChI=1S/C10H8F3NOS/c11-10(12,13)8-5-7(6-14)1-2-9(8)15-3-4-16/h1-2,5,16H,3-4H2. The zero-order chi connectivity index (χ0) is 12.2. The Morgan fingerprint density at radius 2 is 2.06 bits per heavy atom. The van der Waals surface area contributed by atoms with E-state index in [0.717, 1.165) is 12.1 Å². The molecule has 0 unspecified atom stereocenters. The maximum absolute atomic E-state index is 12.6. The summed E-state index contributed by atoms with van der Waals surface area (Å²) in [4.78, 5) is 0. The minimum atomic E-state index is -4.53. The fourth-order valence-corrected chi connectivity index (χ4v) is 1.19. The van der Waals surface area contributed by atoms with E-state index in [0.29, 0.717) is 5.75 Å². The fourth-order valence-electron chi connectivity index (χ4n) is 1.10. The van der Waals surface area contributed by atoms with Crippen molar-refractivity contribution in [2.45, 2.75) is 6.18 Å². The van der Waals surface area contributed by atoms with Crippen LogP contribution in [0.5, 0.6) is 5.75 Å². The third-order valence-electron chi connectivity index (χ3n) is 1.76. The van der Waals surface area contributed by atoms with Crippen molar-refractivity contribution in [2.75, 3.05) is 12.4 Å². The number of alkyl halides is 3. The molecule has 0 N–H and O–H groups in total. The molecule has 0 aliphatic carbocycles. The molecular formula is C10H8F3NOS. The van der Waals surface area contributed by atoms with Crippen LogP contribution >= 0.6 is 12.6 Å². The molecule has 0 aromatic heterocycles. The van der Waals surface area contributed by atoms with Crippen LogP contribution in [0, 0.1) is 11.3 Å². The Labute approximate surface area is 96.0 Å². The highest BCUT2D eigenvalue weighted by Crippen LogP contribution is 2.36. The average Bonchev–Trinajstić information content (AvgIpc) is 2.25. The number of rotatable bonds is 3. The maximum Gasteiger partial charge on any atom is 0.420 e. The van der Waals surface area contributed by atoms with Gasteiger partial charge in [-0.05, 0) is 18.2 Å². The summed E-state index contributed by atoms with van der Waals surface area (Å²) < 4.78 is 42.7. The molecule has 0 fully saturated rings. The third kappa shape index (κ3) is 3.07. The van der Waals surface area contributed by atoms with Crippen LogP contribution in [0.4, 0.5) is 13.2 Å². The van der Waals surface area contributed by atoms with Gasteiger partial charge in [0.2, 0.25) is 0 Å². The Hall–Kier alpha value is -1.35. The van der Waals surface area contributed by atoms with Gasteiger partial charge in [-0.2, -0.15) is 31.1 Å². The first kappa shape index (κ1) is 12.7. The molecule has 0 amide bonds. The van der Waals surface area contributed by atoms with Crippen molar-refractivity contribution in [3.8, 4) is 11.8 Å². The van der Waals surface area contributed by atoms with Crippen molar-refractivity contribution in [1.29, 1.82) is 5.26 Å². The minimum absolute atomic E-state index is 0.0504. The van der Waals surface area contributed by atoms with E-state index in [-0.39, 0.29) is 17.9 Å². The lowest BCUT2D eigenvalue weighted by atomic mass is 10.1. The lowest BCUT2D eigenvalue weighted by Crippen LogP contribution is -2.10. The molecule has 0 spiro atoms. The largest absolute Gasteiger partial charge is 0.492 e. The number of nitriles is 1. The van der Waals surface area contributed by atoms with Crippen LogP contribution in [-0.4, -0.2) is 12.4 Å². The highest BCUT2D eigenvalue weighted by Gasteiger charge is 2.34. The average molecular weight is 247 g/mol. The smallest absolute Gasteiger partial charge is 0.420 e. The highest BCUT2D eigenvalue weighted by atomic mass is 32.1. The van der Waals surface area contributed by atoms with Crippen LogP contribution in [0.25, 0.3) is 0 Å². The molecule has 2 nitrogen and oxygen atoms in total. The van der Waals surface area contributed by atoms with E-state index >= 15 is 0 Å². The molecule has 0 saturated carbocycles. The Morgan fingerprint density at radius 3 is 2.56 bits per heavy atom. The molecule has 0 atom stereocenters. The molecule has 6 heteroatoms. The number of ether oxygens (including phenoxy) is 1. The van der Waals surface area contributed by atoms with Gasteiger partial charge in [0.15, 0.2) is 0 Å². The molecule has 0 bridgehead atoms. The van der Waals surface area contributed by atoms with Crippen LogP contribution < -0.4 is 4.74 Å². The van der Waals surface area contributed by atoms with E-state index in [9.17, 15) is 13.2 Å². The Balaban J connectivity index is 3.13. The molecule has 0 radical (unpaired) electrons. The van der Waals surface area contributed by atoms with Crippen LogP contribution in [-0.2, 0) is 6.18 Å². The van der Waals surface area contributed by atoms with Crippen molar-refractivity contribution in [3.63, 3.8) is 0 Å². The first-order chi connectivity index (χ1) is 7.49. The Kier molecular flexibility index (Phi) is 4.07. The first-order valence-electron chi connectivity index (χ1n) is 4.34. The lowest BCUT2D eigenvalue weighted by Gasteiger charge is -2.13. The van der Waals surface area contributed by atoms with Crippen molar-refractivity contribution < 1.29 is 17.9 Å². The van der Waals surface area contributed by atoms with Gasteiger partial charge in [-0.1, -0.05) is 0 Å². The van der Waals surface area contributed by atoms with Crippen LogP contribution in [0.3, 0.4) is 0 Å². The number of hydrogen-bond acceptors (Lipinski definition) is 3. The summed E-state index contributed by atoms with van der Waals surface area (Å²) in [6.45, 7) is 0.0814. The summed E-state index contributed by atoms with van der Waals surface area (Å²) in [6.07, 6.45) is -4.53. The van der Waals surface area contributed by atoms with E-state index in [4.69, 9.17) is 10.00 Å². The molecular weight excluding hydrogens is 239 g/mol. The second kappa shape index (κ2) is 5.12. The van der Waals surface area contributed by atoms with Gasteiger partial charge in [-0.25, -0.2) is 0 Å². The SMILES string of the molecule is N#Cc1ccc(OCCS)c(C(F)(F)F)c1. The fraction of sp³-hybridized carbons (Fsp3) is 0.300. The second-order valence-electron chi connectivity index (χ2n) is 2.89. The number of halogens is 3. The van der Waals surface area contributed by atoms with Crippen molar-refractivity contribution in [3.05, 3.63) is 29.3 Å². The molecule has 16 heavy (non-hydrogen) atoms. The lowest BCUT2D eigenvalue weighted by molar-refractivity contribution is -0.138. The number of benzene rings is 1. The van der Waals surface area contributed by atoms with Gasteiger partial charge >= 0.3 is 6.18 Å². The van der Waals surface area contributed by atoms with E-state index in [1.807, 2.05) is 0 Å². The van der Waals surface area contributed by atoms with Crippen LogP contribution in [0.2, 0.25) is 0 Å². The molecule has 1 aromatic carbocycles. The predicted molar refractivity (Wildman–Crippen MR) is 55.5 cm³/mol. The van der Waals surface area contributed by atoms with Crippen molar-refractivity contribution in [2.24, 2.45) is 0 Å². The quantitative estimate of drug-likeness (QED) is 0.833. The van der Waals surface area contributed by atoms with Gasteiger partial charge in [0.25, 0.3) is 0 Å². The van der Waals surface area contributed by atoms with E-state index in [1.54, 1.807) is 6.07 Å². The topological polar surface area (TPSA) is 33.0 Å². The third-order valence-corrected chi connectivity index (χ3v) is 1.95. The van der Waals surface area contributed by atoms with Gasteiger partial charge in [-0.3, -0.25) is 0 Å². The summed E-state index contributed by atoms with van der Waals surface area (Å²) in [5.74, 6) is 0.0395. The van der Waals surface area contributed by atoms with Gasteiger partial charge in [0.05, 0.1) is 23.8 Å². The molecule has 0 aliphatic heterocycles. The van der Waals surface area contributed by atoms with E-state index in [1.165, 1.54) is 6.07 Å². The zero-order valence-electron chi connectivity index (χ0n) is 8.08. The molecule has 0 heterocycles. The normalized spacial score (nSPS) is 10.9. The summed E-state index contributed by atoms with van der Waals surface area (Å²) >= 11 is 3.84. The predicted octanol–water partition coefficient (Wildman–Crippen LogP) is 2.89. The maximum atomic E-state index is 12.6. The Bertz CT molecular complexity index is 412. The Morgan fingerprint density at radius 1 is 1.38 bits per heavy atom. The van der Waals surface area contributed by atoms with Gasteiger partial charge in [0.1, 0.15) is 5.75 Å². The summed E-state index contributed by atoms with van der Waals surface area (Å²) in [5.41, 5.74) is -0.987. The molecule has 1 aromatic rings. The highest BCUT2D eigenvalue weighted by molar-refractivity contribution is 7.80. The first-order valence-corrected chi connectivity index (χ1v) is 4.97. The van der Waals surface area contributed by atoms with Crippen LogP contribution in [0.15, 0.2) is 18.2 Å². The number of hydrogen-bond donors (Lipinski definition) is 1. The molecule has 0 aliphatic rings. The zero-order valence-corrected chi connectivity index (χ0v) is 8.98. The van der Waals surface area contributed by atoms with E-state index < -0.39 is 11.7 Å². The summed E-state index contributed by atoms with van der Waals surface area (Å²) in [5, 5.41) is 8.52. The molecule has 0 saturated heterocycles. The van der Waals surface area contributed by atoms with Crippen molar-refractivity contribution in [1.82, 2.24) is 0 Å². The van der Waals surface area contributed by atoms with Crippen molar-refractivity contribution >= 4 is 12.6 Å². The summed E-state index contributed by atoms with van der Waals surface area (Å²) in [7, 11) is 0. The van der Waals surface area contributed by atoms with Gasteiger partial charge in [-0.15, -0.1) is 0 Å².